The van der Waals surface area contributed by atoms with E-state index in [-0.39, 0.29) is 18.2 Å². The Labute approximate surface area is 229 Å². The molecular formula is C27H34ClN5O3S. The van der Waals surface area contributed by atoms with Crippen molar-refractivity contribution in [3.05, 3.63) is 53.6 Å². The van der Waals surface area contributed by atoms with Crippen LogP contribution in [0.15, 0.2) is 48.5 Å². The Kier molecular flexibility index (Phi) is 9.37. The van der Waals surface area contributed by atoms with Gasteiger partial charge in [0.15, 0.2) is 5.11 Å². The van der Waals surface area contributed by atoms with Crippen LogP contribution in [-0.2, 0) is 9.59 Å². The van der Waals surface area contributed by atoms with Gasteiger partial charge in [-0.15, -0.1) is 0 Å². The van der Waals surface area contributed by atoms with Gasteiger partial charge in [0.2, 0.25) is 5.91 Å². The Balaban J connectivity index is 1.45. The van der Waals surface area contributed by atoms with E-state index in [1.54, 1.807) is 43.5 Å². The second-order valence-electron chi connectivity index (χ2n) is 9.25. The summed E-state index contributed by atoms with van der Waals surface area (Å²) in [4.78, 5) is 34.9. The number of nitrogens with one attached hydrogen (secondary N) is 1. The first kappa shape index (κ1) is 27.3. The Morgan fingerprint density at radius 3 is 2.30 bits per heavy atom. The number of halogens is 1. The molecule has 0 aromatic heterocycles. The van der Waals surface area contributed by atoms with Crippen LogP contribution < -0.4 is 15.0 Å². The van der Waals surface area contributed by atoms with E-state index in [0.717, 1.165) is 45.7 Å². The number of piperazine rings is 1. The molecule has 1 atom stereocenters. The van der Waals surface area contributed by atoms with Crippen molar-refractivity contribution in [2.75, 3.05) is 63.1 Å². The van der Waals surface area contributed by atoms with Crippen molar-refractivity contribution in [2.45, 2.75) is 25.8 Å². The summed E-state index contributed by atoms with van der Waals surface area (Å²) in [6.45, 7) is 9.05. The Hall–Kier alpha value is -2.72. The predicted octanol–water partition coefficient (Wildman–Crippen LogP) is 3.71. The van der Waals surface area contributed by atoms with Crippen LogP contribution in [0.2, 0.25) is 5.02 Å². The molecule has 2 aromatic rings. The number of carbonyl (C=O) groups excluding carboxylic acids is 2. The first-order chi connectivity index (χ1) is 17.9. The Morgan fingerprint density at radius 1 is 1.03 bits per heavy atom. The third-order valence-electron chi connectivity index (χ3n) is 6.94. The number of anilines is 2. The van der Waals surface area contributed by atoms with Crippen molar-refractivity contribution in [1.82, 2.24) is 14.7 Å². The van der Waals surface area contributed by atoms with Gasteiger partial charge in [0.1, 0.15) is 11.8 Å². The molecule has 2 heterocycles. The Morgan fingerprint density at radius 2 is 1.68 bits per heavy atom. The molecule has 2 aromatic carbocycles. The fourth-order valence-corrected chi connectivity index (χ4v) is 5.31. The largest absolute Gasteiger partial charge is 0.497 e. The van der Waals surface area contributed by atoms with Crippen LogP contribution in [-0.4, -0.2) is 90.6 Å². The smallest absolute Gasteiger partial charge is 0.256 e. The summed E-state index contributed by atoms with van der Waals surface area (Å²) < 4.78 is 5.25. The average molecular weight is 544 g/mol. The van der Waals surface area contributed by atoms with Crippen molar-refractivity contribution in [1.29, 1.82) is 0 Å². The molecule has 8 nitrogen and oxygen atoms in total. The van der Waals surface area contributed by atoms with Gasteiger partial charge in [0.05, 0.1) is 19.2 Å². The number of rotatable bonds is 10. The van der Waals surface area contributed by atoms with Gasteiger partial charge in [-0.25, -0.2) is 0 Å². The zero-order valence-corrected chi connectivity index (χ0v) is 22.9. The zero-order chi connectivity index (χ0) is 26.4. The molecule has 0 spiro atoms. The van der Waals surface area contributed by atoms with Crippen molar-refractivity contribution in [3.63, 3.8) is 0 Å². The van der Waals surface area contributed by atoms with E-state index < -0.39 is 6.04 Å². The van der Waals surface area contributed by atoms with Gasteiger partial charge >= 0.3 is 0 Å². The number of nitrogens with zero attached hydrogens (tertiary/aromatic N) is 4. The minimum atomic E-state index is -0.668. The lowest BCUT2D eigenvalue weighted by molar-refractivity contribution is -0.124. The second kappa shape index (κ2) is 12.7. The molecule has 10 heteroatoms. The van der Waals surface area contributed by atoms with Gasteiger partial charge in [-0.1, -0.05) is 18.5 Å². The topological polar surface area (TPSA) is 68.4 Å². The van der Waals surface area contributed by atoms with Crippen molar-refractivity contribution < 1.29 is 14.3 Å². The molecule has 2 aliphatic rings. The van der Waals surface area contributed by atoms with E-state index in [1.807, 2.05) is 17.0 Å². The molecule has 1 N–H and O–H groups in total. The number of benzene rings is 2. The zero-order valence-electron chi connectivity index (χ0n) is 21.4. The van der Waals surface area contributed by atoms with Gasteiger partial charge in [0, 0.05) is 43.4 Å². The third kappa shape index (κ3) is 6.78. The first-order valence-corrected chi connectivity index (χ1v) is 13.5. The highest BCUT2D eigenvalue weighted by Crippen LogP contribution is 2.29. The first-order valence-electron chi connectivity index (χ1n) is 12.7. The lowest BCUT2D eigenvalue weighted by Gasteiger charge is -2.34. The van der Waals surface area contributed by atoms with E-state index in [9.17, 15) is 9.59 Å². The van der Waals surface area contributed by atoms with Gasteiger partial charge in [-0.3, -0.25) is 14.5 Å². The predicted molar refractivity (Wildman–Crippen MR) is 151 cm³/mol. The molecule has 0 unspecified atom stereocenters. The average Bonchev–Trinajstić information content (AvgIpc) is 3.14. The standard InChI is InChI=1S/C27H34ClN5O3S/c1-3-30-15-17-31(18-16-30)13-4-14-32-24(19-25(34)29-21-7-5-20(28)6-8-21)26(35)33(27(32)37)22-9-11-23(36-2)12-10-22/h5-12,24H,3-4,13-19H2,1-2H3,(H,29,34)/t24-/m0/s1. The molecule has 4 rings (SSSR count). The minimum absolute atomic E-state index is 0.00340. The summed E-state index contributed by atoms with van der Waals surface area (Å²) in [6.07, 6.45) is 0.856. The fourth-order valence-electron chi connectivity index (χ4n) is 4.77. The van der Waals surface area contributed by atoms with E-state index in [0.29, 0.717) is 33.8 Å². The highest BCUT2D eigenvalue weighted by atomic mass is 35.5. The molecule has 2 amide bonds. The third-order valence-corrected chi connectivity index (χ3v) is 7.61. The monoisotopic (exact) mass is 543 g/mol. The number of carbonyl (C=O) groups is 2. The molecule has 37 heavy (non-hydrogen) atoms. The maximum Gasteiger partial charge on any atom is 0.256 e. The summed E-state index contributed by atoms with van der Waals surface area (Å²) in [7, 11) is 1.60. The van der Waals surface area contributed by atoms with Gasteiger partial charge in [0.25, 0.3) is 5.91 Å². The van der Waals surface area contributed by atoms with E-state index >= 15 is 0 Å². The molecular weight excluding hydrogens is 510 g/mol. The number of ether oxygens (including phenoxy) is 1. The molecule has 2 aliphatic heterocycles. The highest BCUT2D eigenvalue weighted by molar-refractivity contribution is 7.80. The number of methoxy groups -OCH3 is 1. The van der Waals surface area contributed by atoms with Gasteiger partial charge in [-0.2, -0.15) is 0 Å². The maximum absolute atomic E-state index is 13.6. The molecule has 198 valence electrons. The maximum atomic E-state index is 13.6. The van der Waals surface area contributed by atoms with E-state index in [4.69, 9.17) is 28.6 Å². The van der Waals surface area contributed by atoms with Crippen LogP contribution in [0.25, 0.3) is 0 Å². The second-order valence-corrected chi connectivity index (χ2v) is 10.1. The van der Waals surface area contributed by atoms with Crippen LogP contribution in [0.5, 0.6) is 5.75 Å². The van der Waals surface area contributed by atoms with Crippen molar-refractivity contribution in [2.24, 2.45) is 0 Å². The lowest BCUT2D eigenvalue weighted by Crippen LogP contribution is -2.47. The normalized spacial score (nSPS) is 18.9. The molecule has 0 saturated carbocycles. The number of hydrogen-bond acceptors (Lipinski definition) is 6. The van der Waals surface area contributed by atoms with Crippen LogP contribution in [0.1, 0.15) is 19.8 Å². The van der Waals surface area contributed by atoms with Crippen molar-refractivity contribution >= 4 is 52.1 Å². The molecule has 0 radical (unpaired) electrons. The summed E-state index contributed by atoms with van der Waals surface area (Å²) in [5.41, 5.74) is 1.30. The SMILES string of the molecule is CCN1CCN(CCCN2C(=S)N(c3ccc(OC)cc3)C(=O)[C@@H]2CC(=O)Nc2ccc(Cl)cc2)CC1. The van der Waals surface area contributed by atoms with Crippen molar-refractivity contribution in [3.8, 4) is 5.75 Å². The highest BCUT2D eigenvalue weighted by Gasteiger charge is 2.43. The quantitative estimate of drug-likeness (QED) is 0.458. The fraction of sp³-hybridized carbons (Fsp3) is 0.444. The number of thiocarbonyl (C=S) groups is 1. The summed E-state index contributed by atoms with van der Waals surface area (Å²) >= 11 is 11.7. The summed E-state index contributed by atoms with van der Waals surface area (Å²) in [5, 5.41) is 3.89. The van der Waals surface area contributed by atoms with E-state index in [1.165, 1.54) is 4.90 Å². The summed E-state index contributed by atoms with van der Waals surface area (Å²) in [6, 6.07) is 13.4. The van der Waals surface area contributed by atoms with Crippen LogP contribution in [0.3, 0.4) is 0 Å². The molecule has 2 saturated heterocycles. The molecule has 0 bridgehead atoms. The molecule has 2 fully saturated rings. The Bertz CT molecular complexity index is 1090. The summed E-state index contributed by atoms with van der Waals surface area (Å²) in [5.74, 6) is 0.249. The van der Waals surface area contributed by atoms with Gasteiger partial charge in [-0.05, 0) is 80.3 Å². The minimum Gasteiger partial charge on any atom is -0.497 e. The van der Waals surface area contributed by atoms with Gasteiger partial charge < -0.3 is 24.8 Å². The number of likely N-dealkylation sites (N-methyl/N-ethyl adjacent to an activating group) is 1. The van der Waals surface area contributed by atoms with E-state index in [2.05, 4.69) is 22.0 Å². The van der Waals surface area contributed by atoms with Crippen LogP contribution in [0.4, 0.5) is 11.4 Å². The molecule has 0 aliphatic carbocycles. The lowest BCUT2D eigenvalue weighted by atomic mass is 10.1. The van der Waals surface area contributed by atoms with Crippen LogP contribution >= 0.6 is 23.8 Å². The van der Waals surface area contributed by atoms with Crippen LogP contribution in [0, 0.1) is 0 Å². The number of amides is 2. The number of hydrogen-bond donors (Lipinski definition) is 1.